The van der Waals surface area contributed by atoms with E-state index in [9.17, 15) is 22.4 Å². The van der Waals surface area contributed by atoms with Gasteiger partial charge in [0.25, 0.3) is 5.91 Å². The maximum atomic E-state index is 13.9. The summed E-state index contributed by atoms with van der Waals surface area (Å²) in [5.41, 5.74) is 5.95. The molecule has 1 unspecified atom stereocenters. The first-order chi connectivity index (χ1) is 13.0. The number of nitrogens with two attached hydrogens (primary N) is 1. The Morgan fingerprint density at radius 3 is 2.50 bits per heavy atom. The lowest BCUT2D eigenvalue weighted by molar-refractivity contribution is -0.189. The molecule has 0 saturated carbocycles. The quantitative estimate of drug-likeness (QED) is 0.584. The summed E-state index contributed by atoms with van der Waals surface area (Å²) in [6, 6.07) is 1.57. The van der Waals surface area contributed by atoms with E-state index in [4.69, 9.17) is 15.2 Å². The number of carbonyl (C=O) groups is 1. The van der Waals surface area contributed by atoms with E-state index in [-0.39, 0.29) is 5.88 Å². The maximum absolute atomic E-state index is 13.9. The molecule has 1 aromatic carbocycles. The zero-order valence-electron chi connectivity index (χ0n) is 15.6. The zero-order chi connectivity index (χ0) is 21.2. The van der Waals surface area contributed by atoms with Crippen LogP contribution in [0.1, 0.15) is 28.4 Å². The van der Waals surface area contributed by atoms with E-state index in [1.54, 1.807) is 13.8 Å². The van der Waals surface area contributed by atoms with Gasteiger partial charge in [0.2, 0.25) is 5.88 Å². The van der Waals surface area contributed by atoms with Crippen LogP contribution in [-0.4, -0.2) is 30.3 Å². The van der Waals surface area contributed by atoms with Crippen LogP contribution in [0.5, 0.6) is 11.6 Å². The number of ether oxygens (including phenoxy) is 2. The monoisotopic (exact) mass is 401 g/mol. The summed E-state index contributed by atoms with van der Waals surface area (Å²) < 4.78 is 62.3. The minimum atomic E-state index is -4.68. The summed E-state index contributed by atoms with van der Waals surface area (Å²) in [6.45, 7) is 4.08. The van der Waals surface area contributed by atoms with Crippen LogP contribution in [-0.2, 0) is 0 Å². The highest BCUT2D eigenvalue weighted by atomic mass is 19.4. The molecule has 0 aliphatic carbocycles. The van der Waals surface area contributed by atoms with Crippen molar-refractivity contribution in [2.45, 2.75) is 33.1 Å². The average Bonchev–Trinajstić information content (AvgIpc) is 2.60. The Bertz CT molecular complexity index is 901. The largest absolute Gasteiger partial charge is 0.481 e. The molecule has 1 aromatic heterocycles. The van der Waals surface area contributed by atoms with E-state index in [0.717, 1.165) is 19.1 Å². The molecule has 0 aliphatic rings. The van der Waals surface area contributed by atoms with Gasteiger partial charge in [-0.3, -0.25) is 4.79 Å². The molecule has 2 aromatic rings. The predicted molar refractivity (Wildman–Crippen MR) is 95.2 cm³/mol. The van der Waals surface area contributed by atoms with E-state index in [2.05, 4.69) is 10.3 Å². The Balaban J connectivity index is 2.44. The minimum Gasteiger partial charge on any atom is -0.481 e. The van der Waals surface area contributed by atoms with Gasteiger partial charge in [-0.1, -0.05) is 0 Å². The SMILES string of the molecule is COc1ncc(C)c(NC(=O)c2cc(F)c(N)cc2OC(C)C(F)(F)F)c1C. The number of aromatic nitrogens is 1. The lowest BCUT2D eigenvalue weighted by Gasteiger charge is -2.20. The van der Waals surface area contributed by atoms with E-state index >= 15 is 0 Å². The standard InChI is InChI=1S/C18H19F4N3O3/c1-8-7-24-17(27-4)9(2)15(8)25-16(26)11-5-12(19)13(23)6-14(11)28-10(3)18(20,21)22/h5-7,10H,23H2,1-4H3,(H,24,25,26). The van der Waals surface area contributed by atoms with Crippen molar-refractivity contribution < 1.29 is 31.8 Å². The van der Waals surface area contributed by atoms with Crippen molar-refractivity contribution in [2.75, 3.05) is 18.2 Å². The van der Waals surface area contributed by atoms with Crippen LogP contribution < -0.4 is 20.5 Å². The van der Waals surface area contributed by atoms with Crippen molar-refractivity contribution in [3.63, 3.8) is 0 Å². The molecule has 0 fully saturated rings. The number of alkyl halides is 3. The number of pyridine rings is 1. The summed E-state index contributed by atoms with van der Waals surface area (Å²) in [5, 5.41) is 2.54. The van der Waals surface area contributed by atoms with Crippen molar-refractivity contribution in [1.29, 1.82) is 0 Å². The number of nitrogens with zero attached hydrogens (tertiary/aromatic N) is 1. The number of hydrogen-bond donors (Lipinski definition) is 2. The first-order valence-corrected chi connectivity index (χ1v) is 8.09. The number of hydrogen-bond acceptors (Lipinski definition) is 5. The summed E-state index contributed by atoms with van der Waals surface area (Å²) in [4.78, 5) is 16.7. The third-order valence-corrected chi connectivity index (χ3v) is 4.01. The molecule has 6 nitrogen and oxygen atoms in total. The molecular weight excluding hydrogens is 382 g/mol. The van der Waals surface area contributed by atoms with Gasteiger partial charge in [-0.05, 0) is 32.4 Å². The smallest absolute Gasteiger partial charge is 0.425 e. The van der Waals surface area contributed by atoms with Gasteiger partial charge in [0.15, 0.2) is 6.10 Å². The fraction of sp³-hybridized carbons (Fsp3) is 0.333. The molecule has 1 amide bonds. The Morgan fingerprint density at radius 2 is 1.93 bits per heavy atom. The number of nitrogen functional groups attached to an aromatic ring is 1. The van der Waals surface area contributed by atoms with Gasteiger partial charge in [0.05, 0.1) is 24.0 Å². The van der Waals surface area contributed by atoms with Crippen LogP contribution in [0.2, 0.25) is 0 Å². The molecule has 28 heavy (non-hydrogen) atoms. The second kappa shape index (κ2) is 7.91. The Morgan fingerprint density at radius 1 is 1.29 bits per heavy atom. The third-order valence-electron chi connectivity index (χ3n) is 4.01. The van der Waals surface area contributed by atoms with E-state index in [0.29, 0.717) is 16.8 Å². The summed E-state index contributed by atoms with van der Waals surface area (Å²) in [6.07, 6.45) is -5.45. The Kier molecular flexibility index (Phi) is 6.01. The van der Waals surface area contributed by atoms with Gasteiger partial charge in [-0.15, -0.1) is 0 Å². The third kappa shape index (κ3) is 4.44. The molecule has 0 saturated heterocycles. The van der Waals surface area contributed by atoms with Crippen LogP contribution in [0, 0.1) is 19.7 Å². The number of anilines is 2. The minimum absolute atomic E-state index is 0.256. The number of amides is 1. The molecule has 10 heteroatoms. The van der Waals surface area contributed by atoms with Gasteiger partial charge in [-0.25, -0.2) is 9.37 Å². The topological polar surface area (TPSA) is 86.5 Å². The highest BCUT2D eigenvalue weighted by molar-refractivity contribution is 6.07. The molecule has 152 valence electrons. The normalized spacial score (nSPS) is 12.4. The summed E-state index contributed by atoms with van der Waals surface area (Å²) in [7, 11) is 1.40. The lowest BCUT2D eigenvalue weighted by atomic mass is 10.1. The van der Waals surface area contributed by atoms with E-state index in [1.165, 1.54) is 13.3 Å². The van der Waals surface area contributed by atoms with Crippen LogP contribution in [0.15, 0.2) is 18.3 Å². The molecular formula is C18H19F4N3O3. The number of carbonyl (C=O) groups excluding carboxylic acids is 1. The fourth-order valence-corrected chi connectivity index (χ4v) is 2.40. The number of benzene rings is 1. The Labute approximate surface area is 158 Å². The number of methoxy groups -OCH3 is 1. The molecule has 0 aliphatic heterocycles. The van der Waals surface area contributed by atoms with Gasteiger partial charge in [-0.2, -0.15) is 13.2 Å². The molecule has 1 heterocycles. The second-order valence-electron chi connectivity index (χ2n) is 6.08. The number of rotatable bonds is 5. The molecule has 1 atom stereocenters. The maximum Gasteiger partial charge on any atom is 0.425 e. The van der Waals surface area contributed by atoms with Crippen LogP contribution in [0.25, 0.3) is 0 Å². The number of nitrogens with one attached hydrogen (secondary N) is 1. The van der Waals surface area contributed by atoms with Crippen LogP contribution >= 0.6 is 0 Å². The lowest BCUT2D eigenvalue weighted by Crippen LogP contribution is -2.32. The van der Waals surface area contributed by atoms with Crippen molar-refractivity contribution in [1.82, 2.24) is 4.98 Å². The number of aryl methyl sites for hydroxylation is 1. The molecule has 0 radical (unpaired) electrons. The van der Waals surface area contributed by atoms with Gasteiger partial charge < -0.3 is 20.5 Å². The second-order valence-corrected chi connectivity index (χ2v) is 6.08. The fourth-order valence-electron chi connectivity index (χ4n) is 2.40. The van der Waals surface area contributed by atoms with Gasteiger partial charge in [0, 0.05) is 17.8 Å². The predicted octanol–water partition coefficient (Wildman–Crippen LogP) is 4.01. The first kappa shape index (κ1) is 21.3. The highest BCUT2D eigenvalue weighted by Crippen LogP contribution is 2.32. The summed E-state index contributed by atoms with van der Waals surface area (Å²) in [5.74, 6) is -2.07. The van der Waals surface area contributed by atoms with Crippen molar-refractivity contribution in [3.8, 4) is 11.6 Å². The molecule has 2 rings (SSSR count). The van der Waals surface area contributed by atoms with Gasteiger partial charge in [0.1, 0.15) is 11.6 Å². The average molecular weight is 401 g/mol. The molecule has 0 bridgehead atoms. The zero-order valence-corrected chi connectivity index (χ0v) is 15.6. The Hall–Kier alpha value is -3.04. The van der Waals surface area contributed by atoms with Crippen LogP contribution in [0.3, 0.4) is 0 Å². The molecule has 0 spiro atoms. The van der Waals surface area contributed by atoms with Crippen molar-refractivity contribution in [3.05, 3.63) is 40.8 Å². The van der Waals surface area contributed by atoms with Crippen molar-refractivity contribution >= 4 is 17.3 Å². The molecule has 3 N–H and O–H groups in total. The van der Waals surface area contributed by atoms with E-state index in [1.807, 2.05) is 0 Å². The van der Waals surface area contributed by atoms with Crippen LogP contribution in [0.4, 0.5) is 28.9 Å². The number of halogens is 4. The van der Waals surface area contributed by atoms with E-state index < -0.39 is 41.0 Å². The van der Waals surface area contributed by atoms with Gasteiger partial charge >= 0.3 is 6.18 Å². The first-order valence-electron chi connectivity index (χ1n) is 8.09. The highest BCUT2D eigenvalue weighted by Gasteiger charge is 2.38. The summed E-state index contributed by atoms with van der Waals surface area (Å²) >= 11 is 0. The van der Waals surface area contributed by atoms with Crippen molar-refractivity contribution in [2.24, 2.45) is 0 Å².